The molecule has 1 aromatic carbocycles. The van der Waals surface area contributed by atoms with Crippen LogP contribution in [0.1, 0.15) is 23.4 Å². The fraction of sp³-hybridized carbons (Fsp3) is 0.357. The van der Waals surface area contributed by atoms with Crippen LogP contribution in [0.25, 0.3) is 5.69 Å². The largest absolute Gasteiger partial charge is 0.508 e. The van der Waals surface area contributed by atoms with Crippen molar-refractivity contribution in [2.45, 2.75) is 26.7 Å². The van der Waals surface area contributed by atoms with Crippen LogP contribution < -0.4 is 0 Å². The first-order valence-electron chi connectivity index (χ1n) is 6.09. The number of aromatic nitrogens is 2. The molecule has 0 aliphatic heterocycles. The fourth-order valence-electron chi connectivity index (χ4n) is 2.14. The van der Waals surface area contributed by atoms with Crippen molar-refractivity contribution in [2.75, 3.05) is 6.61 Å². The number of hydrogen-bond acceptors (Lipinski definition) is 3. The minimum Gasteiger partial charge on any atom is -0.508 e. The second kappa shape index (κ2) is 5.23. The van der Waals surface area contributed by atoms with Crippen LogP contribution in [0.15, 0.2) is 24.3 Å². The lowest BCUT2D eigenvalue weighted by Gasteiger charge is -2.05. The van der Waals surface area contributed by atoms with E-state index in [0.29, 0.717) is 0 Å². The lowest BCUT2D eigenvalue weighted by molar-refractivity contribution is 0.288. The molecule has 0 saturated heterocycles. The molecule has 0 fully saturated rings. The number of aryl methyl sites for hydroxylation is 1. The maximum absolute atomic E-state index is 9.29. The topological polar surface area (TPSA) is 58.3 Å². The fourth-order valence-corrected chi connectivity index (χ4v) is 2.14. The molecule has 2 aromatic rings. The number of aliphatic hydroxyl groups excluding tert-OH is 1. The molecule has 2 N–H and O–H groups in total. The Balaban J connectivity index is 2.37. The Kier molecular flexibility index (Phi) is 3.67. The van der Waals surface area contributed by atoms with E-state index < -0.39 is 0 Å². The van der Waals surface area contributed by atoms with Crippen molar-refractivity contribution < 1.29 is 10.2 Å². The summed E-state index contributed by atoms with van der Waals surface area (Å²) < 4.78 is 1.88. The van der Waals surface area contributed by atoms with E-state index in [1.54, 1.807) is 12.1 Å². The van der Waals surface area contributed by atoms with Crippen LogP contribution in [0.3, 0.4) is 0 Å². The maximum Gasteiger partial charge on any atom is 0.115 e. The lowest BCUT2D eigenvalue weighted by atomic mass is 10.1. The molecule has 0 radical (unpaired) electrons. The molecule has 0 bridgehead atoms. The lowest BCUT2D eigenvalue weighted by Crippen LogP contribution is -1.99. The van der Waals surface area contributed by atoms with Gasteiger partial charge in [0.2, 0.25) is 0 Å². The van der Waals surface area contributed by atoms with E-state index in [2.05, 4.69) is 5.10 Å². The van der Waals surface area contributed by atoms with Gasteiger partial charge in [-0.1, -0.05) is 0 Å². The number of aliphatic hydroxyl groups is 1. The van der Waals surface area contributed by atoms with Gasteiger partial charge in [0.25, 0.3) is 0 Å². The quantitative estimate of drug-likeness (QED) is 0.868. The summed E-state index contributed by atoms with van der Waals surface area (Å²) in [5.41, 5.74) is 4.21. The Morgan fingerprint density at radius 3 is 2.44 bits per heavy atom. The average molecular weight is 246 g/mol. The zero-order valence-corrected chi connectivity index (χ0v) is 10.7. The number of phenolic OH excluding ortho intramolecular Hbond substituents is 1. The summed E-state index contributed by atoms with van der Waals surface area (Å²) in [5, 5.41) is 22.7. The van der Waals surface area contributed by atoms with Crippen molar-refractivity contribution in [1.29, 1.82) is 0 Å². The molecule has 18 heavy (non-hydrogen) atoms. The molecule has 4 nitrogen and oxygen atoms in total. The molecule has 96 valence electrons. The van der Waals surface area contributed by atoms with Crippen LogP contribution in [0.2, 0.25) is 0 Å². The highest BCUT2D eigenvalue weighted by atomic mass is 16.3. The van der Waals surface area contributed by atoms with Gasteiger partial charge < -0.3 is 10.2 Å². The highest BCUT2D eigenvalue weighted by molar-refractivity contribution is 5.40. The van der Waals surface area contributed by atoms with Gasteiger partial charge in [-0.2, -0.15) is 5.10 Å². The Labute approximate surface area is 107 Å². The first kappa shape index (κ1) is 12.6. The van der Waals surface area contributed by atoms with E-state index in [0.717, 1.165) is 29.9 Å². The average Bonchev–Trinajstić information content (AvgIpc) is 2.64. The van der Waals surface area contributed by atoms with Gasteiger partial charge in [-0.05, 0) is 56.5 Å². The summed E-state index contributed by atoms with van der Waals surface area (Å²) >= 11 is 0. The minimum atomic E-state index is 0.198. The van der Waals surface area contributed by atoms with Crippen LogP contribution in [0.5, 0.6) is 5.75 Å². The molecule has 1 heterocycles. The van der Waals surface area contributed by atoms with Crippen molar-refractivity contribution in [1.82, 2.24) is 9.78 Å². The van der Waals surface area contributed by atoms with Crippen molar-refractivity contribution in [2.24, 2.45) is 0 Å². The number of phenols is 1. The van der Waals surface area contributed by atoms with Crippen molar-refractivity contribution >= 4 is 0 Å². The highest BCUT2D eigenvalue weighted by Gasteiger charge is 2.12. The van der Waals surface area contributed by atoms with Crippen LogP contribution in [-0.4, -0.2) is 26.6 Å². The molecule has 0 aliphatic rings. The zero-order valence-electron chi connectivity index (χ0n) is 10.7. The number of rotatable bonds is 4. The van der Waals surface area contributed by atoms with Gasteiger partial charge in [0, 0.05) is 12.3 Å². The number of nitrogens with zero attached hydrogens (tertiary/aromatic N) is 2. The van der Waals surface area contributed by atoms with Crippen LogP contribution in [0.4, 0.5) is 0 Å². The number of benzene rings is 1. The molecule has 4 heteroatoms. The standard InChI is InChI=1S/C14H18N2O2/c1-10-14(4-3-9-17)11(2)16(15-10)12-5-7-13(18)8-6-12/h5-8,17-18H,3-4,9H2,1-2H3. The molecular weight excluding hydrogens is 228 g/mol. The molecule has 0 spiro atoms. The van der Waals surface area contributed by atoms with Crippen molar-refractivity contribution in [3.05, 3.63) is 41.2 Å². The van der Waals surface area contributed by atoms with E-state index in [9.17, 15) is 5.11 Å². The number of aromatic hydroxyl groups is 1. The Hall–Kier alpha value is -1.81. The molecule has 1 aromatic heterocycles. The van der Waals surface area contributed by atoms with Gasteiger partial charge in [0.15, 0.2) is 0 Å². The summed E-state index contributed by atoms with van der Waals surface area (Å²) in [6.07, 6.45) is 1.59. The summed E-state index contributed by atoms with van der Waals surface area (Å²) in [5.74, 6) is 0.251. The predicted molar refractivity (Wildman–Crippen MR) is 70.1 cm³/mol. The SMILES string of the molecule is Cc1nn(-c2ccc(O)cc2)c(C)c1CCCO. The summed E-state index contributed by atoms with van der Waals surface area (Å²) in [4.78, 5) is 0. The van der Waals surface area contributed by atoms with Crippen LogP contribution in [-0.2, 0) is 6.42 Å². The van der Waals surface area contributed by atoms with Gasteiger partial charge in [-0.15, -0.1) is 0 Å². The van der Waals surface area contributed by atoms with Gasteiger partial charge in [-0.25, -0.2) is 4.68 Å². The van der Waals surface area contributed by atoms with E-state index in [1.165, 1.54) is 5.56 Å². The van der Waals surface area contributed by atoms with Gasteiger partial charge in [0.1, 0.15) is 5.75 Å². The number of hydrogen-bond donors (Lipinski definition) is 2. The highest BCUT2D eigenvalue weighted by Crippen LogP contribution is 2.20. The normalized spacial score (nSPS) is 10.8. The first-order chi connectivity index (χ1) is 8.63. The molecule has 0 atom stereocenters. The van der Waals surface area contributed by atoms with Crippen molar-refractivity contribution in [3.8, 4) is 11.4 Å². The molecule has 0 saturated carbocycles. The van der Waals surface area contributed by atoms with Gasteiger partial charge in [-0.3, -0.25) is 0 Å². The van der Waals surface area contributed by atoms with E-state index in [1.807, 2.05) is 30.7 Å². The monoisotopic (exact) mass is 246 g/mol. The summed E-state index contributed by atoms with van der Waals surface area (Å²) in [6, 6.07) is 6.98. The third-order valence-corrected chi connectivity index (χ3v) is 3.12. The van der Waals surface area contributed by atoms with Crippen molar-refractivity contribution in [3.63, 3.8) is 0 Å². The third kappa shape index (κ3) is 2.38. The smallest absolute Gasteiger partial charge is 0.115 e. The predicted octanol–water partition coefficient (Wildman–Crippen LogP) is 2.12. The first-order valence-corrected chi connectivity index (χ1v) is 6.09. The van der Waals surface area contributed by atoms with E-state index in [-0.39, 0.29) is 12.4 Å². The second-order valence-electron chi connectivity index (χ2n) is 4.40. The van der Waals surface area contributed by atoms with E-state index >= 15 is 0 Å². The maximum atomic E-state index is 9.29. The van der Waals surface area contributed by atoms with Crippen LogP contribution >= 0.6 is 0 Å². The molecule has 0 amide bonds. The Bertz CT molecular complexity index is 529. The third-order valence-electron chi connectivity index (χ3n) is 3.12. The summed E-state index contributed by atoms with van der Waals surface area (Å²) in [6.45, 7) is 4.21. The summed E-state index contributed by atoms with van der Waals surface area (Å²) in [7, 11) is 0. The van der Waals surface area contributed by atoms with Gasteiger partial charge >= 0.3 is 0 Å². The van der Waals surface area contributed by atoms with Crippen LogP contribution in [0, 0.1) is 13.8 Å². The van der Waals surface area contributed by atoms with Gasteiger partial charge in [0.05, 0.1) is 11.4 Å². The minimum absolute atomic E-state index is 0.198. The second-order valence-corrected chi connectivity index (χ2v) is 4.40. The Morgan fingerprint density at radius 1 is 1.17 bits per heavy atom. The molecular formula is C14H18N2O2. The molecule has 2 rings (SSSR count). The zero-order chi connectivity index (χ0) is 13.1. The Morgan fingerprint density at radius 2 is 1.83 bits per heavy atom. The van der Waals surface area contributed by atoms with E-state index in [4.69, 9.17) is 5.11 Å². The molecule has 0 unspecified atom stereocenters. The molecule has 0 aliphatic carbocycles.